The fourth-order valence-corrected chi connectivity index (χ4v) is 5.82. The van der Waals surface area contributed by atoms with Crippen molar-refractivity contribution in [2.75, 3.05) is 45.5 Å². The molecule has 0 bridgehead atoms. The lowest BCUT2D eigenvalue weighted by atomic mass is 10.3. The number of nitrogens with zero attached hydrogens (tertiary/aromatic N) is 1. The van der Waals surface area contributed by atoms with Gasteiger partial charge in [-0.2, -0.15) is 0 Å². The van der Waals surface area contributed by atoms with E-state index in [-0.39, 0.29) is 52.0 Å². The van der Waals surface area contributed by atoms with Gasteiger partial charge in [0, 0.05) is 13.0 Å². The lowest BCUT2D eigenvalue weighted by molar-refractivity contribution is -0.137. The van der Waals surface area contributed by atoms with Crippen molar-refractivity contribution >= 4 is 21.2 Å². The minimum atomic E-state index is -3.42. The molecular weight excluding hydrogens is 372 g/mol. The van der Waals surface area contributed by atoms with Gasteiger partial charge in [-0.05, 0) is 34.1 Å². The molecule has 0 heterocycles. The quantitative estimate of drug-likeness (QED) is 0.386. The van der Waals surface area contributed by atoms with Gasteiger partial charge in [0.25, 0.3) is 0 Å². The van der Waals surface area contributed by atoms with Gasteiger partial charge in [-0.1, -0.05) is 0 Å². The average molecular weight is 403 g/mol. The van der Waals surface area contributed by atoms with Crippen LogP contribution in [-0.2, 0) is 32.0 Å². The van der Waals surface area contributed by atoms with E-state index >= 15 is 0 Å². The number of hydrogen-bond acceptors (Lipinski definition) is 8. The highest BCUT2D eigenvalue weighted by Crippen LogP contribution is 2.53. The van der Waals surface area contributed by atoms with Gasteiger partial charge in [-0.15, -0.1) is 0 Å². The van der Waals surface area contributed by atoms with E-state index in [1.54, 1.807) is 32.6 Å². The Hall–Kier alpha value is -0.270. The van der Waals surface area contributed by atoms with Crippen molar-refractivity contribution in [3.63, 3.8) is 0 Å². The van der Waals surface area contributed by atoms with Crippen LogP contribution in [-0.4, -0.2) is 61.5 Å². The van der Waals surface area contributed by atoms with Crippen molar-refractivity contribution in [2.45, 2.75) is 40.5 Å². The van der Waals surface area contributed by atoms with E-state index in [4.69, 9.17) is 23.2 Å². The number of carbonyl (C=O) groups is 1. The van der Waals surface area contributed by atoms with Crippen LogP contribution in [0.1, 0.15) is 40.5 Å². The van der Waals surface area contributed by atoms with Crippen LogP contribution in [0.2, 0.25) is 0 Å². The maximum atomic E-state index is 12.7. The molecule has 0 aromatic carbocycles. The average Bonchev–Trinajstić information content (AvgIpc) is 2.47. The highest BCUT2D eigenvalue weighted by atomic mass is 31.2. The highest BCUT2D eigenvalue weighted by Gasteiger charge is 2.33. The van der Waals surface area contributed by atoms with Crippen LogP contribution in [0.15, 0.2) is 0 Å². The summed E-state index contributed by atoms with van der Waals surface area (Å²) in [4.78, 5) is 12.3. The van der Waals surface area contributed by atoms with Crippen molar-refractivity contribution in [1.82, 2.24) is 4.90 Å². The topological polar surface area (TPSA) is 112 Å². The fourth-order valence-electron chi connectivity index (χ4n) is 2.15. The van der Waals surface area contributed by atoms with Gasteiger partial charge in [-0.3, -0.25) is 18.8 Å². The zero-order valence-corrected chi connectivity index (χ0v) is 17.3. The van der Waals surface area contributed by atoms with E-state index in [0.29, 0.717) is 6.42 Å². The molecular formula is C14H31NO8P2. The van der Waals surface area contributed by atoms with Crippen LogP contribution in [0, 0.1) is 0 Å². The number of carboxylic acid groups (broad SMARTS) is 1. The molecule has 0 rings (SSSR count). The molecule has 0 atom stereocenters. The minimum Gasteiger partial charge on any atom is -0.481 e. The monoisotopic (exact) mass is 403 g/mol. The minimum absolute atomic E-state index is 0.0579. The van der Waals surface area contributed by atoms with E-state index in [0.717, 1.165) is 0 Å². The standard InChI is InChI=1S/C14H31NO8P2/c1-5-20-24(18,21-6-2)12-15(11-9-10-14(16)17)13-25(19,22-7-3)23-8-4/h5-13H2,1-4H3,(H,16,17). The summed E-state index contributed by atoms with van der Waals surface area (Å²) in [5.74, 6) is -0.935. The molecule has 0 saturated carbocycles. The van der Waals surface area contributed by atoms with Gasteiger partial charge in [0.1, 0.15) is 12.6 Å². The summed E-state index contributed by atoms with van der Waals surface area (Å²) in [5.41, 5.74) is 0. The Kier molecular flexibility index (Phi) is 12.8. The fraction of sp³-hybridized carbons (Fsp3) is 0.929. The van der Waals surface area contributed by atoms with Crippen molar-refractivity contribution in [1.29, 1.82) is 0 Å². The third kappa shape index (κ3) is 11.1. The lowest BCUT2D eigenvalue weighted by Gasteiger charge is -2.29. The van der Waals surface area contributed by atoms with Gasteiger partial charge in [0.2, 0.25) is 0 Å². The molecule has 0 aliphatic rings. The highest BCUT2D eigenvalue weighted by molar-refractivity contribution is 7.54. The first-order valence-electron chi connectivity index (χ1n) is 8.44. The predicted octanol–water partition coefficient (Wildman–Crippen LogP) is 3.60. The summed E-state index contributed by atoms with van der Waals surface area (Å²) in [6, 6.07) is 0. The summed E-state index contributed by atoms with van der Waals surface area (Å²) in [7, 11) is -6.83. The second-order valence-electron chi connectivity index (χ2n) is 5.07. The maximum Gasteiger partial charge on any atom is 0.344 e. The number of rotatable bonds is 16. The van der Waals surface area contributed by atoms with Crippen LogP contribution in [0.4, 0.5) is 0 Å². The van der Waals surface area contributed by atoms with Gasteiger partial charge in [0.15, 0.2) is 0 Å². The smallest absolute Gasteiger partial charge is 0.344 e. The van der Waals surface area contributed by atoms with Crippen molar-refractivity contribution in [2.24, 2.45) is 0 Å². The van der Waals surface area contributed by atoms with Crippen LogP contribution in [0.5, 0.6) is 0 Å². The Labute approximate surface area is 150 Å². The summed E-state index contributed by atoms with van der Waals surface area (Å²) >= 11 is 0. The molecule has 0 fully saturated rings. The Morgan fingerprint density at radius 2 is 1.20 bits per heavy atom. The molecule has 25 heavy (non-hydrogen) atoms. The van der Waals surface area contributed by atoms with Gasteiger partial charge >= 0.3 is 21.2 Å². The number of carboxylic acids is 1. The first kappa shape index (κ1) is 24.7. The van der Waals surface area contributed by atoms with Crippen LogP contribution >= 0.6 is 15.2 Å². The third-order valence-electron chi connectivity index (χ3n) is 2.91. The normalized spacial score (nSPS) is 12.7. The maximum absolute atomic E-state index is 12.7. The second kappa shape index (κ2) is 13.0. The summed E-state index contributed by atoms with van der Waals surface area (Å²) in [5, 5.41) is 8.80. The SMILES string of the molecule is CCOP(=O)(CN(CCCC(=O)O)CP(=O)(OCC)OCC)OCC. The van der Waals surface area contributed by atoms with Crippen LogP contribution < -0.4 is 0 Å². The van der Waals surface area contributed by atoms with E-state index in [9.17, 15) is 13.9 Å². The molecule has 0 aliphatic carbocycles. The third-order valence-corrected chi connectivity index (χ3v) is 7.01. The summed E-state index contributed by atoms with van der Waals surface area (Å²) < 4.78 is 46.6. The molecule has 0 aromatic rings. The number of aliphatic carboxylic acids is 1. The molecule has 11 heteroatoms. The molecule has 0 saturated heterocycles. The summed E-state index contributed by atoms with van der Waals surface area (Å²) in [6.45, 7) is 7.86. The predicted molar refractivity (Wildman–Crippen MR) is 95.0 cm³/mol. The Morgan fingerprint density at radius 1 is 0.840 bits per heavy atom. The van der Waals surface area contributed by atoms with Gasteiger partial charge in [0.05, 0.1) is 26.4 Å². The number of hydrogen-bond donors (Lipinski definition) is 1. The van der Waals surface area contributed by atoms with E-state index < -0.39 is 21.2 Å². The summed E-state index contributed by atoms with van der Waals surface area (Å²) in [6.07, 6.45) is 0.0142. The zero-order chi connectivity index (χ0) is 19.3. The van der Waals surface area contributed by atoms with Gasteiger partial charge in [-0.25, -0.2) is 0 Å². The Morgan fingerprint density at radius 3 is 1.48 bits per heavy atom. The van der Waals surface area contributed by atoms with E-state index in [1.165, 1.54) is 0 Å². The first-order valence-corrected chi connectivity index (χ1v) is 11.9. The largest absolute Gasteiger partial charge is 0.481 e. The Balaban J connectivity index is 5.20. The molecule has 0 amide bonds. The molecule has 1 N–H and O–H groups in total. The van der Waals surface area contributed by atoms with Gasteiger partial charge < -0.3 is 23.2 Å². The molecule has 0 radical (unpaired) electrons. The molecule has 0 aliphatic heterocycles. The molecule has 0 aromatic heterocycles. The lowest BCUT2D eigenvalue weighted by Crippen LogP contribution is -2.29. The van der Waals surface area contributed by atoms with Crippen molar-refractivity contribution < 1.29 is 37.1 Å². The molecule has 150 valence electrons. The van der Waals surface area contributed by atoms with Crippen molar-refractivity contribution in [3.05, 3.63) is 0 Å². The first-order chi connectivity index (χ1) is 11.7. The van der Waals surface area contributed by atoms with Crippen LogP contribution in [0.25, 0.3) is 0 Å². The Bertz CT molecular complexity index is 422. The van der Waals surface area contributed by atoms with Crippen molar-refractivity contribution in [3.8, 4) is 0 Å². The molecule has 0 spiro atoms. The molecule has 0 unspecified atom stereocenters. The zero-order valence-electron chi connectivity index (χ0n) is 15.5. The second-order valence-corrected chi connectivity index (χ2v) is 9.11. The van der Waals surface area contributed by atoms with E-state index in [1.807, 2.05) is 0 Å². The van der Waals surface area contributed by atoms with E-state index in [2.05, 4.69) is 0 Å². The molecule has 9 nitrogen and oxygen atoms in total. The van der Waals surface area contributed by atoms with Crippen LogP contribution in [0.3, 0.4) is 0 Å².